The fourth-order valence-corrected chi connectivity index (χ4v) is 1.73. The van der Waals surface area contributed by atoms with Gasteiger partial charge in [-0.3, -0.25) is 0 Å². The van der Waals surface area contributed by atoms with Crippen LogP contribution in [0, 0.1) is 0 Å². The molecule has 3 nitrogen and oxygen atoms in total. The van der Waals surface area contributed by atoms with E-state index in [1.165, 1.54) is 0 Å². The average Bonchev–Trinajstić information content (AvgIpc) is 2.27. The van der Waals surface area contributed by atoms with Gasteiger partial charge in [0.15, 0.2) is 0 Å². The van der Waals surface area contributed by atoms with Crippen LogP contribution < -0.4 is 9.67 Å². The Hall–Kier alpha value is -0.952. The van der Waals surface area contributed by atoms with E-state index >= 15 is 0 Å². The molecule has 4 heteroatoms. The van der Waals surface area contributed by atoms with Crippen molar-refractivity contribution in [3.05, 3.63) is 24.3 Å². The van der Waals surface area contributed by atoms with E-state index in [9.17, 15) is 8.53 Å². The summed E-state index contributed by atoms with van der Waals surface area (Å²) >= 11 is -0.967. The molecule has 1 aromatic rings. The Bertz CT molecular complexity index is 335. The number of carbonyl (C=O) groups is 1. The van der Waals surface area contributed by atoms with Crippen molar-refractivity contribution in [1.82, 2.24) is 0 Å². The van der Waals surface area contributed by atoms with Gasteiger partial charge in [-0.15, -0.1) is 0 Å². The second kappa shape index (κ2) is 6.52. The minimum atomic E-state index is -0.967. The van der Waals surface area contributed by atoms with Crippen molar-refractivity contribution in [2.24, 2.45) is 0 Å². The summed E-state index contributed by atoms with van der Waals surface area (Å²) in [5.41, 5.74) is 0.773. The Kier molecular flexibility index (Phi) is 5.27. The third-order valence-corrected chi connectivity index (χ3v) is 3.08. The van der Waals surface area contributed by atoms with Gasteiger partial charge >= 0.3 is 95.9 Å². The van der Waals surface area contributed by atoms with E-state index < -0.39 is 15.7 Å². The van der Waals surface area contributed by atoms with Crippen LogP contribution in [-0.4, -0.2) is 21.6 Å². The first-order valence-electron chi connectivity index (χ1n) is 4.99. The number of nitrogens with one attached hydrogen (secondary N) is 1. The zero-order valence-corrected chi connectivity index (χ0v) is 10.6. The summed E-state index contributed by atoms with van der Waals surface area (Å²) in [4.78, 5) is 11.4. The number of hydrogen-bond donors (Lipinski definition) is 1. The summed E-state index contributed by atoms with van der Waals surface area (Å²) in [7, 11) is 0. The van der Waals surface area contributed by atoms with Crippen LogP contribution in [0.4, 0.5) is 5.69 Å². The number of amides is 1. The molecule has 0 saturated carbocycles. The van der Waals surface area contributed by atoms with Gasteiger partial charge in [-0.25, -0.2) is 0 Å². The third-order valence-electron chi connectivity index (χ3n) is 2.01. The van der Waals surface area contributed by atoms with Crippen molar-refractivity contribution >= 4 is 31.6 Å². The molecule has 0 saturated heterocycles. The number of benzene rings is 1. The van der Waals surface area contributed by atoms with Crippen molar-refractivity contribution in [2.75, 3.05) is 5.32 Å². The van der Waals surface area contributed by atoms with Gasteiger partial charge in [-0.05, 0) is 0 Å². The fourth-order valence-electron chi connectivity index (χ4n) is 1.17. The number of rotatable bonds is 5. The van der Waals surface area contributed by atoms with Crippen LogP contribution in [-0.2, 0) is 8.53 Å². The first-order valence-corrected chi connectivity index (χ1v) is 6.70. The molecule has 0 aliphatic rings. The minimum absolute atomic E-state index is 0.0417. The van der Waals surface area contributed by atoms with Gasteiger partial charge in [-0.2, -0.15) is 0 Å². The molecular formula is C11H14AsNO2. The van der Waals surface area contributed by atoms with Crippen LogP contribution in [0.25, 0.3) is 0 Å². The van der Waals surface area contributed by atoms with E-state index in [4.69, 9.17) is 0 Å². The molecule has 0 unspecified atom stereocenters. The standard InChI is InChI=1S/C11H14AsNO2/c1-2-3-4-11(14)13-10-7-5-9(12-15)6-8-10/h5-8H,2-4H2,1H3,(H,13,14). The predicted octanol–water partition coefficient (Wildman–Crippen LogP) is 1.49. The molecule has 1 amide bonds. The molecule has 0 atom stereocenters. The molecule has 0 bridgehead atoms. The molecule has 0 spiro atoms. The topological polar surface area (TPSA) is 46.2 Å². The Morgan fingerprint density at radius 2 is 2.00 bits per heavy atom. The van der Waals surface area contributed by atoms with Gasteiger partial charge in [0.25, 0.3) is 0 Å². The van der Waals surface area contributed by atoms with Crippen LogP contribution in [0.5, 0.6) is 0 Å². The van der Waals surface area contributed by atoms with Gasteiger partial charge in [0, 0.05) is 0 Å². The number of unbranched alkanes of at least 4 members (excludes halogenated alkanes) is 1. The Morgan fingerprint density at radius 3 is 2.53 bits per heavy atom. The Morgan fingerprint density at radius 1 is 1.33 bits per heavy atom. The normalized spacial score (nSPS) is 10.2. The quantitative estimate of drug-likeness (QED) is 0.821. The molecule has 0 fully saturated rings. The SMILES string of the molecule is CCCCC(=O)Nc1ccc([As]=O)cc1. The Labute approximate surface area is 96.2 Å². The van der Waals surface area contributed by atoms with E-state index in [0.29, 0.717) is 6.42 Å². The molecule has 0 aromatic heterocycles. The fraction of sp³-hybridized carbons (Fsp3) is 0.364. The van der Waals surface area contributed by atoms with E-state index in [0.717, 1.165) is 22.9 Å². The zero-order valence-electron chi connectivity index (χ0n) is 8.69. The molecule has 1 rings (SSSR count). The monoisotopic (exact) mass is 267 g/mol. The van der Waals surface area contributed by atoms with Crippen LogP contribution >= 0.6 is 0 Å². The van der Waals surface area contributed by atoms with Crippen LogP contribution in [0.15, 0.2) is 24.3 Å². The van der Waals surface area contributed by atoms with Crippen LogP contribution in [0.2, 0.25) is 0 Å². The maximum absolute atomic E-state index is 11.4. The summed E-state index contributed by atoms with van der Waals surface area (Å²) < 4.78 is 11.4. The summed E-state index contributed by atoms with van der Waals surface area (Å²) in [5, 5.41) is 2.80. The van der Waals surface area contributed by atoms with Crippen molar-refractivity contribution in [3.63, 3.8) is 0 Å². The van der Waals surface area contributed by atoms with Gasteiger partial charge in [0.1, 0.15) is 0 Å². The number of hydrogen-bond acceptors (Lipinski definition) is 2. The van der Waals surface area contributed by atoms with Crippen molar-refractivity contribution in [2.45, 2.75) is 26.2 Å². The van der Waals surface area contributed by atoms with Gasteiger partial charge in [0.2, 0.25) is 0 Å². The maximum atomic E-state index is 11.4. The zero-order chi connectivity index (χ0) is 11.1. The average molecular weight is 267 g/mol. The molecule has 0 heterocycles. The molecule has 15 heavy (non-hydrogen) atoms. The molecular weight excluding hydrogens is 253 g/mol. The van der Waals surface area contributed by atoms with E-state index in [-0.39, 0.29) is 5.91 Å². The summed E-state index contributed by atoms with van der Waals surface area (Å²) in [5.74, 6) is 0.0417. The van der Waals surface area contributed by atoms with Crippen molar-refractivity contribution < 1.29 is 8.53 Å². The first-order chi connectivity index (χ1) is 7.26. The summed E-state index contributed by atoms with van der Waals surface area (Å²) in [6.45, 7) is 2.06. The van der Waals surface area contributed by atoms with E-state index in [1.54, 1.807) is 24.3 Å². The first kappa shape index (κ1) is 12.1. The summed E-state index contributed by atoms with van der Waals surface area (Å²) in [6.07, 6.45) is 2.49. The van der Waals surface area contributed by atoms with Crippen molar-refractivity contribution in [3.8, 4) is 0 Å². The Balaban J connectivity index is 2.49. The second-order valence-corrected chi connectivity index (χ2v) is 4.76. The molecule has 1 aromatic carbocycles. The molecule has 0 aliphatic carbocycles. The second-order valence-electron chi connectivity index (χ2n) is 3.29. The molecule has 80 valence electrons. The molecule has 1 N–H and O–H groups in total. The van der Waals surface area contributed by atoms with Gasteiger partial charge in [-0.1, -0.05) is 0 Å². The number of anilines is 1. The van der Waals surface area contributed by atoms with Gasteiger partial charge in [0.05, 0.1) is 0 Å². The van der Waals surface area contributed by atoms with Crippen LogP contribution in [0.3, 0.4) is 0 Å². The van der Waals surface area contributed by atoms with E-state index in [2.05, 4.69) is 12.2 Å². The van der Waals surface area contributed by atoms with Crippen LogP contribution in [0.1, 0.15) is 26.2 Å². The predicted molar refractivity (Wildman–Crippen MR) is 60.7 cm³/mol. The molecule has 0 aliphatic heterocycles. The van der Waals surface area contributed by atoms with E-state index in [1.807, 2.05) is 0 Å². The summed E-state index contributed by atoms with van der Waals surface area (Å²) in [6, 6.07) is 7.13. The van der Waals surface area contributed by atoms with Gasteiger partial charge < -0.3 is 0 Å². The molecule has 0 radical (unpaired) electrons. The number of carbonyl (C=O) groups excluding carboxylic acids is 1. The third kappa shape index (κ3) is 4.39. The van der Waals surface area contributed by atoms with Crippen molar-refractivity contribution in [1.29, 1.82) is 0 Å².